The predicted octanol–water partition coefficient (Wildman–Crippen LogP) is 2.33. The van der Waals surface area contributed by atoms with Gasteiger partial charge in [0.1, 0.15) is 18.2 Å². The monoisotopic (exact) mass is 236 g/mol. The highest BCUT2D eigenvalue weighted by molar-refractivity contribution is 6.16. The van der Waals surface area contributed by atoms with E-state index in [1.807, 2.05) is 24.3 Å². The number of hydrogen-bond donors (Lipinski definition) is 0. The lowest BCUT2D eigenvalue weighted by Gasteiger charge is -2.01. The Labute approximate surface area is 97.2 Å². The number of rotatable bonds is 2. The molecule has 1 aliphatic rings. The highest BCUT2D eigenvalue weighted by atomic mass is 35.5. The smallest absolute Gasteiger partial charge is 0.241 e. The first-order chi connectivity index (χ1) is 7.88. The van der Waals surface area contributed by atoms with Gasteiger partial charge in [0.05, 0.1) is 5.92 Å². The molecule has 1 unspecified atom stereocenters. The van der Waals surface area contributed by atoms with Gasteiger partial charge in [-0.25, -0.2) is 0 Å². The topological polar surface area (TPSA) is 48.2 Å². The molecule has 2 heterocycles. The van der Waals surface area contributed by atoms with Crippen LogP contribution in [0.15, 0.2) is 28.8 Å². The molecule has 82 valence electrons. The fourth-order valence-corrected chi connectivity index (χ4v) is 1.95. The largest absolute Gasteiger partial charge is 0.492 e. The lowest BCUT2D eigenvalue weighted by molar-refractivity contribution is 0.332. The second-order valence-corrected chi connectivity index (χ2v) is 3.85. The van der Waals surface area contributed by atoms with Crippen molar-refractivity contribution in [1.82, 2.24) is 10.1 Å². The highest BCUT2D eigenvalue weighted by Gasteiger charge is 2.29. The average molecular weight is 237 g/mol. The van der Waals surface area contributed by atoms with Gasteiger partial charge in [0, 0.05) is 5.56 Å². The van der Waals surface area contributed by atoms with Gasteiger partial charge in [0.15, 0.2) is 5.82 Å². The van der Waals surface area contributed by atoms with Crippen molar-refractivity contribution in [3.05, 3.63) is 41.5 Å². The van der Waals surface area contributed by atoms with Crippen LogP contribution in [0.3, 0.4) is 0 Å². The number of fused-ring (bicyclic) bond motifs is 1. The van der Waals surface area contributed by atoms with E-state index in [2.05, 4.69) is 10.1 Å². The van der Waals surface area contributed by atoms with Crippen LogP contribution in [0.2, 0.25) is 0 Å². The Morgan fingerprint density at radius 2 is 2.25 bits per heavy atom. The maximum absolute atomic E-state index is 5.62. The Kier molecular flexibility index (Phi) is 2.29. The van der Waals surface area contributed by atoms with Gasteiger partial charge in [-0.15, -0.1) is 11.6 Å². The van der Waals surface area contributed by atoms with Gasteiger partial charge < -0.3 is 9.26 Å². The van der Waals surface area contributed by atoms with Crippen molar-refractivity contribution in [3.63, 3.8) is 0 Å². The summed E-state index contributed by atoms with van der Waals surface area (Å²) in [6.07, 6.45) is 0. The molecule has 1 aromatic heterocycles. The van der Waals surface area contributed by atoms with Crippen LogP contribution in [0.25, 0.3) is 0 Å². The second-order valence-electron chi connectivity index (χ2n) is 3.58. The molecule has 16 heavy (non-hydrogen) atoms. The third-order valence-corrected chi connectivity index (χ3v) is 2.84. The second kappa shape index (κ2) is 3.79. The van der Waals surface area contributed by atoms with Crippen molar-refractivity contribution < 1.29 is 9.26 Å². The van der Waals surface area contributed by atoms with E-state index in [0.717, 1.165) is 11.3 Å². The van der Waals surface area contributed by atoms with Crippen molar-refractivity contribution >= 4 is 11.6 Å². The molecule has 4 nitrogen and oxygen atoms in total. The number of alkyl halides is 1. The fraction of sp³-hybridized carbons (Fsp3) is 0.273. The Morgan fingerprint density at radius 3 is 3.06 bits per heavy atom. The quantitative estimate of drug-likeness (QED) is 0.751. The Hall–Kier alpha value is -1.55. The van der Waals surface area contributed by atoms with Gasteiger partial charge in [-0.1, -0.05) is 23.4 Å². The summed E-state index contributed by atoms with van der Waals surface area (Å²) in [4.78, 5) is 4.22. The van der Waals surface area contributed by atoms with Gasteiger partial charge in [-0.2, -0.15) is 4.98 Å². The van der Waals surface area contributed by atoms with Crippen molar-refractivity contribution in [2.75, 3.05) is 6.61 Å². The zero-order valence-electron chi connectivity index (χ0n) is 8.39. The molecule has 3 rings (SSSR count). The molecule has 0 radical (unpaired) electrons. The molecule has 1 aromatic carbocycles. The molecule has 5 heteroatoms. The lowest BCUT2D eigenvalue weighted by Crippen LogP contribution is -2.04. The van der Waals surface area contributed by atoms with E-state index < -0.39 is 0 Å². The summed E-state index contributed by atoms with van der Waals surface area (Å²) in [5, 5.41) is 3.92. The summed E-state index contributed by atoms with van der Waals surface area (Å²) < 4.78 is 10.5. The highest BCUT2D eigenvalue weighted by Crippen LogP contribution is 2.36. The third-order valence-electron chi connectivity index (χ3n) is 2.61. The van der Waals surface area contributed by atoms with Gasteiger partial charge in [0.25, 0.3) is 0 Å². The van der Waals surface area contributed by atoms with Crippen molar-refractivity contribution in [2.45, 2.75) is 11.8 Å². The van der Waals surface area contributed by atoms with E-state index >= 15 is 0 Å². The maximum Gasteiger partial charge on any atom is 0.241 e. The van der Waals surface area contributed by atoms with E-state index in [0.29, 0.717) is 18.3 Å². The molecular formula is C11H9ClN2O2. The molecule has 0 saturated carbocycles. The number of para-hydroxylation sites is 1. The number of nitrogens with zero attached hydrogens (tertiary/aromatic N) is 2. The predicted molar refractivity (Wildman–Crippen MR) is 57.6 cm³/mol. The first-order valence-electron chi connectivity index (χ1n) is 4.98. The lowest BCUT2D eigenvalue weighted by atomic mass is 10.0. The summed E-state index contributed by atoms with van der Waals surface area (Å²) in [7, 11) is 0. The molecule has 2 aromatic rings. The normalized spacial score (nSPS) is 18.2. The van der Waals surface area contributed by atoms with Gasteiger partial charge in [-0.05, 0) is 6.07 Å². The van der Waals surface area contributed by atoms with Gasteiger partial charge in [0.2, 0.25) is 5.89 Å². The first kappa shape index (κ1) is 9.66. The van der Waals surface area contributed by atoms with E-state index in [1.165, 1.54) is 0 Å². The Bertz CT molecular complexity index is 512. The molecule has 0 spiro atoms. The molecule has 0 amide bonds. The standard InChI is InChI=1S/C11H9ClN2O2/c12-5-10-13-11(14-16-10)8-6-15-9-4-2-1-3-7(8)9/h1-4,8H,5-6H2. The number of ether oxygens (including phenoxy) is 1. The van der Waals surface area contributed by atoms with Crippen LogP contribution in [0.4, 0.5) is 0 Å². The van der Waals surface area contributed by atoms with Crippen molar-refractivity contribution in [1.29, 1.82) is 0 Å². The Balaban J connectivity index is 1.98. The van der Waals surface area contributed by atoms with Crippen molar-refractivity contribution in [2.24, 2.45) is 0 Å². The SMILES string of the molecule is ClCc1nc(C2COc3ccccc32)no1. The molecule has 0 aliphatic carbocycles. The molecule has 0 N–H and O–H groups in total. The Morgan fingerprint density at radius 1 is 1.38 bits per heavy atom. The van der Waals surface area contributed by atoms with E-state index in [1.54, 1.807) is 0 Å². The number of benzene rings is 1. The van der Waals surface area contributed by atoms with Crippen LogP contribution in [-0.2, 0) is 5.88 Å². The molecule has 1 aliphatic heterocycles. The van der Waals surface area contributed by atoms with E-state index in [4.69, 9.17) is 20.9 Å². The average Bonchev–Trinajstić information content (AvgIpc) is 2.94. The van der Waals surface area contributed by atoms with Crippen LogP contribution in [-0.4, -0.2) is 16.7 Å². The van der Waals surface area contributed by atoms with E-state index in [-0.39, 0.29) is 11.8 Å². The van der Waals surface area contributed by atoms with E-state index in [9.17, 15) is 0 Å². The fourth-order valence-electron chi connectivity index (χ4n) is 1.84. The van der Waals surface area contributed by atoms with Crippen LogP contribution in [0.5, 0.6) is 5.75 Å². The molecule has 1 atom stereocenters. The summed E-state index contributed by atoms with van der Waals surface area (Å²) in [6.45, 7) is 0.556. The molecule has 0 fully saturated rings. The van der Waals surface area contributed by atoms with Gasteiger partial charge in [-0.3, -0.25) is 0 Å². The van der Waals surface area contributed by atoms with Crippen LogP contribution in [0.1, 0.15) is 23.2 Å². The minimum absolute atomic E-state index is 0.0527. The zero-order valence-corrected chi connectivity index (χ0v) is 9.15. The molecule has 0 saturated heterocycles. The molecule has 0 bridgehead atoms. The third kappa shape index (κ3) is 1.46. The number of halogens is 1. The number of hydrogen-bond acceptors (Lipinski definition) is 4. The summed E-state index contributed by atoms with van der Waals surface area (Å²) in [5.74, 6) is 2.27. The number of aromatic nitrogens is 2. The van der Waals surface area contributed by atoms with Crippen LogP contribution >= 0.6 is 11.6 Å². The zero-order chi connectivity index (χ0) is 11.0. The van der Waals surface area contributed by atoms with Crippen LogP contribution in [0, 0.1) is 0 Å². The summed E-state index contributed by atoms with van der Waals surface area (Å²) in [5.41, 5.74) is 1.10. The first-order valence-corrected chi connectivity index (χ1v) is 5.52. The van der Waals surface area contributed by atoms with Crippen molar-refractivity contribution in [3.8, 4) is 5.75 Å². The minimum Gasteiger partial charge on any atom is -0.492 e. The summed E-state index contributed by atoms with van der Waals surface area (Å²) in [6, 6.07) is 7.88. The molecular weight excluding hydrogens is 228 g/mol. The summed E-state index contributed by atoms with van der Waals surface area (Å²) >= 11 is 5.62. The minimum atomic E-state index is 0.0527. The van der Waals surface area contributed by atoms with Gasteiger partial charge >= 0.3 is 0 Å². The maximum atomic E-state index is 5.62. The van der Waals surface area contributed by atoms with Crippen LogP contribution < -0.4 is 4.74 Å².